The minimum Gasteiger partial charge on any atom is -0.399 e. The summed E-state index contributed by atoms with van der Waals surface area (Å²) in [5.74, 6) is 0. The van der Waals surface area contributed by atoms with Gasteiger partial charge in [-0.2, -0.15) is 4.37 Å². The van der Waals surface area contributed by atoms with Crippen LogP contribution in [0.15, 0.2) is 35.7 Å². The number of nitrogens with two attached hydrogens (primary N) is 1. The molecule has 1 unspecified atom stereocenters. The summed E-state index contributed by atoms with van der Waals surface area (Å²) >= 11 is 1.33. The maximum Gasteiger partial charge on any atom is 0.122 e. The van der Waals surface area contributed by atoms with Crippen LogP contribution in [-0.4, -0.2) is 9.48 Å². The molecule has 0 bridgehead atoms. The summed E-state index contributed by atoms with van der Waals surface area (Å²) in [5, 5.41) is 11.7. The molecule has 4 heteroatoms. The summed E-state index contributed by atoms with van der Waals surface area (Å²) in [6.45, 7) is 0. The zero-order valence-electron chi connectivity index (χ0n) is 7.42. The van der Waals surface area contributed by atoms with Crippen molar-refractivity contribution in [3.63, 3.8) is 0 Å². The van der Waals surface area contributed by atoms with Crippen LogP contribution in [0, 0.1) is 0 Å². The van der Waals surface area contributed by atoms with Crippen LogP contribution in [0.3, 0.4) is 0 Å². The van der Waals surface area contributed by atoms with Crippen molar-refractivity contribution in [3.05, 3.63) is 47.0 Å². The molecule has 0 saturated carbocycles. The van der Waals surface area contributed by atoms with Crippen LogP contribution in [0.5, 0.6) is 0 Å². The molecule has 14 heavy (non-hydrogen) atoms. The average molecular weight is 206 g/mol. The van der Waals surface area contributed by atoms with E-state index < -0.39 is 6.10 Å². The third kappa shape index (κ3) is 1.76. The van der Waals surface area contributed by atoms with Gasteiger partial charge >= 0.3 is 0 Å². The Bertz CT molecular complexity index is 414. The van der Waals surface area contributed by atoms with Gasteiger partial charge in [-0.3, -0.25) is 0 Å². The van der Waals surface area contributed by atoms with E-state index in [4.69, 9.17) is 5.73 Å². The van der Waals surface area contributed by atoms with Crippen molar-refractivity contribution >= 4 is 17.2 Å². The topological polar surface area (TPSA) is 59.1 Å². The van der Waals surface area contributed by atoms with Crippen LogP contribution in [0.25, 0.3) is 0 Å². The largest absolute Gasteiger partial charge is 0.399 e. The van der Waals surface area contributed by atoms with Gasteiger partial charge in [0, 0.05) is 11.1 Å². The summed E-state index contributed by atoms with van der Waals surface area (Å²) in [5.41, 5.74) is 7.71. The number of aliphatic hydroxyl groups excluding tert-OH is 1. The standard InChI is InChI=1S/C10H10N2OS/c11-8-3-1-2-7(6-8)10(13)9-4-5-14-12-9/h1-6,10,13H,11H2. The predicted molar refractivity (Wildman–Crippen MR) is 57.0 cm³/mol. The molecule has 0 amide bonds. The lowest BCUT2D eigenvalue weighted by Crippen LogP contribution is -2.00. The molecule has 0 fully saturated rings. The van der Waals surface area contributed by atoms with Gasteiger partial charge in [-0.05, 0) is 35.3 Å². The van der Waals surface area contributed by atoms with Crippen molar-refractivity contribution < 1.29 is 5.11 Å². The number of hydrogen-bond donors (Lipinski definition) is 2. The molecule has 0 radical (unpaired) electrons. The fraction of sp³-hybridized carbons (Fsp3) is 0.100. The lowest BCUT2D eigenvalue weighted by atomic mass is 10.1. The maximum absolute atomic E-state index is 9.89. The minimum atomic E-state index is -0.676. The van der Waals surface area contributed by atoms with Gasteiger partial charge < -0.3 is 10.8 Å². The number of nitrogen functional groups attached to an aromatic ring is 1. The smallest absolute Gasteiger partial charge is 0.122 e. The number of benzene rings is 1. The quantitative estimate of drug-likeness (QED) is 0.737. The summed E-state index contributed by atoms with van der Waals surface area (Å²) in [4.78, 5) is 0. The number of rotatable bonds is 2. The van der Waals surface area contributed by atoms with Crippen LogP contribution in [0.1, 0.15) is 17.4 Å². The van der Waals surface area contributed by atoms with Crippen LogP contribution in [0.2, 0.25) is 0 Å². The molecule has 1 aromatic carbocycles. The van der Waals surface area contributed by atoms with Gasteiger partial charge in [0.1, 0.15) is 6.10 Å². The van der Waals surface area contributed by atoms with Crippen molar-refractivity contribution in [2.75, 3.05) is 5.73 Å². The Kier molecular flexibility index (Phi) is 2.47. The molecular formula is C10H10N2OS. The van der Waals surface area contributed by atoms with Crippen molar-refractivity contribution in [2.24, 2.45) is 0 Å². The molecule has 0 aliphatic rings. The molecule has 2 rings (SSSR count). The van der Waals surface area contributed by atoms with Crippen LogP contribution in [-0.2, 0) is 0 Å². The molecule has 0 spiro atoms. The molecule has 0 saturated heterocycles. The first-order chi connectivity index (χ1) is 6.77. The van der Waals surface area contributed by atoms with Crippen molar-refractivity contribution in [1.82, 2.24) is 4.37 Å². The second-order valence-electron chi connectivity index (χ2n) is 3.00. The highest BCUT2D eigenvalue weighted by Gasteiger charge is 2.11. The van der Waals surface area contributed by atoms with Gasteiger partial charge in [0.25, 0.3) is 0 Å². The highest BCUT2D eigenvalue weighted by molar-refractivity contribution is 7.03. The maximum atomic E-state index is 9.89. The molecule has 2 aromatic rings. The highest BCUT2D eigenvalue weighted by Crippen LogP contribution is 2.22. The molecular weight excluding hydrogens is 196 g/mol. The van der Waals surface area contributed by atoms with Gasteiger partial charge in [-0.25, -0.2) is 0 Å². The van der Waals surface area contributed by atoms with E-state index in [1.807, 2.05) is 17.5 Å². The second kappa shape index (κ2) is 3.77. The Balaban J connectivity index is 2.32. The number of anilines is 1. The summed E-state index contributed by atoms with van der Waals surface area (Å²) in [7, 11) is 0. The van der Waals surface area contributed by atoms with E-state index in [0.717, 1.165) is 5.56 Å². The van der Waals surface area contributed by atoms with Crippen LogP contribution >= 0.6 is 11.5 Å². The summed E-state index contributed by atoms with van der Waals surface area (Å²) < 4.78 is 4.07. The van der Waals surface area contributed by atoms with Gasteiger partial charge in [0.2, 0.25) is 0 Å². The first-order valence-corrected chi connectivity index (χ1v) is 5.05. The van der Waals surface area contributed by atoms with Gasteiger partial charge in [0.15, 0.2) is 0 Å². The molecule has 1 heterocycles. The second-order valence-corrected chi connectivity index (χ2v) is 3.66. The lowest BCUT2D eigenvalue weighted by molar-refractivity contribution is 0.216. The highest BCUT2D eigenvalue weighted by atomic mass is 32.1. The van der Waals surface area contributed by atoms with Crippen molar-refractivity contribution in [3.8, 4) is 0 Å². The summed E-state index contributed by atoms with van der Waals surface area (Å²) in [6.07, 6.45) is -0.676. The normalized spacial score (nSPS) is 12.6. The van der Waals surface area contributed by atoms with Crippen molar-refractivity contribution in [1.29, 1.82) is 0 Å². The monoisotopic (exact) mass is 206 g/mol. The number of aromatic nitrogens is 1. The Morgan fingerprint density at radius 1 is 1.36 bits per heavy atom. The van der Waals surface area contributed by atoms with E-state index in [2.05, 4.69) is 4.37 Å². The molecule has 3 N–H and O–H groups in total. The van der Waals surface area contributed by atoms with E-state index in [1.54, 1.807) is 18.2 Å². The molecule has 0 aliphatic heterocycles. The van der Waals surface area contributed by atoms with Gasteiger partial charge in [-0.1, -0.05) is 12.1 Å². The molecule has 1 atom stereocenters. The number of nitrogens with zero attached hydrogens (tertiary/aromatic N) is 1. The van der Waals surface area contributed by atoms with Crippen molar-refractivity contribution in [2.45, 2.75) is 6.10 Å². The SMILES string of the molecule is Nc1cccc(C(O)c2ccsn2)c1. The third-order valence-electron chi connectivity index (χ3n) is 1.96. The zero-order valence-corrected chi connectivity index (χ0v) is 8.24. The number of hydrogen-bond acceptors (Lipinski definition) is 4. The Morgan fingerprint density at radius 3 is 2.86 bits per heavy atom. The average Bonchev–Trinajstić information content (AvgIpc) is 2.69. The van der Waals surface area contributed by atoms with Gasteiger partial charge in [0.05, 0.1) is 5.69 Å². The first-order valence-electron chi connectivity index (χ1n) is 4.21. The molecule has 1 aromatic heterocycles. The fourth-order valence-electron chi connectivity index (χ4n) is 1.26. The fourth-order valence-corrected chi connectivity index (χ4v) is 1.81. The van der Waals surface area contributed by atoms with Crippen LogP contribution in [0.4, 0.5) is 5.69 Å². The van der Waals surface area contributed by atoms with E-state index in [-0.39, 0.29) is 0 Å². The third-order valence-corrected chi connectivity index (χ3v) is 2.54. The number of aliphatic hydroxyl groups is 1. The van der Waals surface area contributed by atoms with Crippen LogP contribution < -0.4 is 5.73 Å². The Labute approximate surface area is 86.0 Å². The van der Waals surface area contributed by atoms with E-state index in [0.29, 0.717) is 11.4 Å². The van der Waals surface area contributed by atoms with Gasteiger partial charge in [-0.15, -0.1) is 0 Å². The zero-order chi connectivity index (χ0) is 9.97. The molecule has 72 valence electrons. The van der Waals surface area contributed by atoms with E-state index in [1.165, 1.54) is 11.5 Å². The summed E-state index contributed by atoms with van der Waals surface area (Å²) in [6, 6.07) is 9.00. The minimum absolute atomic E-state index is 0.650. The lowest BCUT2D eigenvalue weighted by Gasteiger charge is -2.08. The van der Waals surface area contributed by atoms with E-state index in [9.17, 15) is 5.11 Å². The molecule has 3 nitrogen and oxygen atoms in total. The molecule has 0 aliphatic carbocycles. The Morgan fingerprint density at radius 2 is 2.21 bits per heavy atom. The van der Waals surface area contributed by atoms with E-state index >= 15 is 0 Å². The predicted octanol–water partition coefficient (Wildman–Crippen LogP) is 1.81. The Hall–Kier alpha value is -1.39. The first kappa shape index (κ1) is 9.18.